The molecule has 4 atom stereocenters. The minimum atomic E-state index is -0.690. The largest absolute Gasteiger partial charge is 0.389 e. The zero-order chi connectivity index (χ0) is 21.3. The van der Waals surface area contributed by atoms with Gasteiger partial charge in [0.05, 0.1) is 5.60 Å². The Hall–Kier alpha value is -2.04. The molecule has 1 aliphatic heterocycles. The predicted octanol–water partition coefficient (Wildman–Crippen LogP) is 3.59. The molecule has 0 aliphatic carbocycles. The molecule has 0 aromatic heterocycles. The first-order chi connectivity index (χ1) is 13.7. The lowest BCUT2D eigenvalue weighted by Gasteiger charge is -2.49. The number of rotatable bonds is 5. The van der Waals surface area contributed by atoms with Gasteiger partial charge in [0.15, 0.2) is 0 Å². The van der Waals surface area contributed by atoms with E-state index in [2.05, 4.69) is 113 Å². The molecule has 2 aromatic carbocycles. The highest BCUT2D eigenvalue weighted by Crippen LogP contribution is 2.44. The monoisotopic (exact) mass is 396 g/mol. The Balaban J connectivity index is 1.97. The molecule has 3 N–H and O–H groups in total. The third-order valence-corrected chi connectivity index (χ3v) is 7.22. The number of aliphatic hydroxyl groups is 1. The van der Waals surface area contributed by atoms with Crippen molar-refractivity contribution in [2.24, 2.45) is 11.8 Å². The van der Waals surface area contributed by atoms with Crippen molar-refractivity contribution < 1.29 is 10.4 Å². The van der Waals surface area contributed by atoms with E-state index < -0.39 is 5.60 Å². The average Bonchev–Trinajstić information content (AvgIpc) is 2.72. The Morgan fingerprint density at radius 3 is 1.38 bits per heavy atom. The van der Waals surface area contributed by atoms with Crippen LogP contribution in [-0.2, 0) is 0 Å². The molecular weight excluding hydrogens is 358 g/mol. The van der Waals surface area contributed by atoms with Gasteiger partial charge in [-0.2, -0.15) is 0 Å². The summed E-state index contributed by atoms with van der Waals surface area (Å²) >= 11 is 0. The van der Waals surface area contributed by atoms with E-state index in [9.17, 15) is 5.11 Å². The summed E-state index contributed by atoms with van der Waals surface area (Å²) in [4.78, 5) is 4.24. The number of anilines is 2. The van der Waals surface area contributed by atoms with E-state index in [1.807, 2.05) is 0 Å². The molecule has 0 spiro atoms. The maximum atomic E-state index is 11.7. The van der Waals surface area contributed by atoms with E-state index in [0.717, 1.165) is 6.42 Å². The summed E-state index contributed by atoms with van der Waals surface area (Å²) in [5.74, 6) is 0.343. The van der Waals surface area contributed by atoms with Gasteiger partial charge in [0.1, 0.15) is 12.1 Å². The lowest BCUT2D eigenvalue weighted by atomic mass is 9.65. The van der Waals surface area contributed by atoms with Gasteiger partial charge in [-0.25, -0.2) is 0 Å². The molecule has 158 valence electrons. The fourth-order valence-electron chi connectivity index (χ4n) is 5.03. The van der Waals surface area contributed by atoms with Crippen molar-refractivity contribution in [1.82, 2.24) is 0 Å². The summed E-state index contributed by atoms with van der Waals surface area (Å²) in [5.41, 5.74) is 4.29. The normalized spacial score (nSPS) is 29.5. The molecule has 1 fully saturated rings. The van der Waals surface area contributed by atoms with Crippen LogP contribution in [0.25, 0.3) is 0 Å². The lowest BCUT2D eigenvalue weighted by molar-refractivity contribution is -0.764. The molecule has 1 heterocycles. The number of quaternary nitrogens is 1. The van der Waals surface area contributed by atoms with E-state index in [-0.39, 0.29) is 23.9 Å². The second-order valence-electron chi connectivity index (χ2n) is 9.14. The molecule has 0 saturated carbocycles. The fraction of sp³-hybridized carbons (Fsp3) is 0.520. The molecule has 0 radical (unpaired) electrons. The van der Waals surface area contributed by atoms with Crippen LogP contribution in [0, 0.1) is 11.8 Å². The summed E-state index contributed by atoms with van der Waals surface area (Å²) < 4.78 is 0. The van der Waals surface area contributed by atoms with Crippen LogP contribution in [0.2, 0.25) is 0 Å². The molecule has 2 aromatic rings. The number of piperidine rings is 1. The number of hydrogen-bond acceptors (Lipinski definition) is 3. The third-order valence-electron chi connectivity index (χ3n) is 7.22. The zero-order valence-corrected chi connectivity index (χ0v) is 19.1. The van der Waals surface area contributed by atoms with Gasteiger partial charge in [0, 0.05) is 62.5 Å². The van der Waals surface area contributed by atoms with Gasteiger partial charge in [-0.05, 0) is 30.7 Å². The van der Waals surface area contributed by atoms with E-state index in [1.165, 1.54) is 22.5 Å². The number of hydrogen-bond donors (Lipinski definition) is 2. The van der Waals surface area contributed by atoms with Crippen molar-refractivity contribution in [1.29, 1.82) is 0 Å². The second-order valence-corrected chi connectivity index (χ2v) is 9.14. The molecule has 4 nitrogen and oxygen atoms in total. The summed E-state index contributed by atoms with van der Waals surface area (Å²) in [5, 5.41) is 14.2. The standard InChI is InChI=1S/C25H37N3O/c1-8-25(29)17(2)23(19-9-13-21(14-10-19)27(4)5)26-24(18(25)3)20-11-15-22(16-12-20)28(6)7/h9-18,23-24,26,29H,8H2,1-7H3/p+1/t17-,18-,23-,24-/m0/s1. The summed E-state index contributed by atoms with van der Waals surface area (Å²) in [6.45, 7) is 6.55. The first-order valence-corrected chi connectivity index (χ1v) is 10.8. The average molecular weight is 397 g/mol. The van der Waals surface area contributed by atoms with Gasteiger partial charge >= 0.3 is 0 Å². The molecular formula is C25H38N3O+. The summed E-state index contributed by atoms with van der Waals surface area (Å²) in [7, 11) is 8.26. The molecule has 0 amide bonds. The van der Waals surface area contributed by atoms with Crippen LogP contribution < -0.4 is 15.1 Å². The second kappa shape index (κ2) is 8.37. The molecule has 3 rings (SSSR count). The minimum Gasteiger partial charge on any atom is -0.389 e. The Kier molecular flexibility index (Phi) is 6.25. The zero-order valence-electron chi connectivity index (χ0n) is 19.1. The fourth-order valence-corrected chi connectivity index (χ4v) is 5.03. The topological polar surface area (TPSA) is 43.3 Å². The van der Waals surface area contributed by atoms with E-state index in [1.54, 1.807) is 0 Å². The summed E-state index contributed by atoms with van der Waals surface area (Å²) in [6, 6.07) is 18.1. The van der Waals surface area contributed by atoms with E-state index >= 15 is 0 Å². The molecule has 0 bridgehead atoms. The molecule has 1 aliphatic rings. The molecule has 0 unspecified atom stereocenters. The Morgan fingerprint density at radius 2 is 1.10 bits per heavy atom. The predicted molar refractivity (Wildman–Crippen MR) is 123 cm³/mol. The van der Waals surface area contributed by atoms with Crippen LogP contribution in [0.15, 0.2) is 48.5 Å². The number of benzene rings is 2. The van der Waals surface area contributed by atoms with E-state index in [4.69, 9.17) is 0 Å². The van der Waals surface area contributed by atoms with Crippen LogP contribution >= 0.6 is 0 Å². The quantitative estimate of drug-likeness (QED) is 0.812. The first-order valence-electron chi connectivity index (χ1n) is 10.8. The minimum absolute atomic E-state index is 0.171. The van der Waals surface area contributed by atoms with Crippen molar-refractivity contribution in [2.75, 3.05) is 38.0 Å². The van der Waals surface area contributed by atoms with Gasteiger partial charge < -0.3 is 20.2 Å². The highest BCUT2D eigenvalue weighted by molar-refractivity contribution is 5.47. The van der Waals surface area contributed by atoms with Crippen LogP contribution in [0.3, 0.4) is 0 Å². The lowest BCUT2D eigenvalue weighted by Crippen LogP contribution is -2.93. The Morgan fingerprint density at radius 1 is 0.759 bits per heavy atom. The maximum absolute atomic E-state index is 11.7. The molecule has 4 heteroatoms. The smallest absolute Gasteiger partial charge is 0.117 e. The van der Waals surface area contributed by atoms with Crippen molar-refractivity contribution in [3.8, 4) is 0 Å². The van der Waals surface area contributed by atoms with Crippen LogP contribution in [0.5, 0.6) is 0 Å². The van der Waals surface area contributed by atoms with Gasteiger partial charge in [-0.1, -0.05) is 45.0 Å². The van der Waals surface area contributed by atoms with Gasteiger partial charge in [0.25, 0.3) is 0 Å². The molecule has 29 heavy (non-hydrogen) atoms. The Bertz CT molecular complexity index is 734. The highest BCUT2D eigenvalue weighted by Gasteiger charge is 2.53. The SMILES string of the molecule is CCC1(O)[C@@H](C)[C@@H](c2ccc(N(C)C)cc2)[NH2+][C@H](c2ccc(N(C)C)cc2)[C@@H]1C. The van der Waals surface area contributed by atoms with Gasteiger partial charge in [0.2, 0.25) is 0 Å². The summed E-state index contributed by atoms with van der Waals surface area (Å²) in [6.07, 6.45) is 0.766. The van der Waals surface area contributed by atoms with E-state index in [0.29, 0.717) is 0 Å². The molecule has 1 saturated heterocycles. The van der Waals surface area contributed by atoms with Crippen molar-refractivity contribution in [3.63, 3.8) is 0 Å². The maximum Gasteiger partial charge on any atom is 0.117 e. The van der Waals surface area contributed by atoms with Crippen LogP contribution in [0.1, 0.15) is 50.4 Å². The van der Waals surface area contributed by atoms with Crippen molar-refractivity contribution in [2.45, 2.75) is 44.9 Å². The van der Waals surface area contributed by atoms with Crippen LogP contribution in [0.4, 0.5) is 11.4 Å². The van der Waals surface area contributed by atoms with Crippen molar-refractivity contribution >= 4 is 11.4 Å². The number of nitrogens with zero attached hydrogens (tertiary/aromatic N) is 2. The van der Waals surface area contributed by atoms with Crippen molar-refractivity contribution in [3.05, 3.63) is 59.7 Å². The van der Waals surface area contributed by atoms with Gasteiger partial charge in [-0.15, -0.1) is 0 Å². The number of nitrogens with two attached hydrogens (primary N) is 1. The van der Waals surface area contributed by atoms with Gasteiger partial charge in [-0.3, -0.25) is 0 Å². The first kappa shape index (κ1) is 21.7. The highest BCUT2D eigenvalue weighted by atomic mass is 16.3. The third kappa shape index (κ3) is 4.01. The van der Waals surface area contributed by atoms with Crippen LogP contribution in [-0.4, -0.2) is 38.9 Å². The Labute approximate surface area is 176 Å².